The highest BCUT2D eigenvalue weighted by molar-refractivity contribution is 6.47. The third kappa shape index (κ3) is 8.74. The molecule has 0 aliphatic heterocycles. The molecule has 0 heterocycles. The van der Waals surface area contributed by atoms with Crippen LogP contribution in [0.2, 0.25) is 30.1 Å². The van der Waals surface area contributed by atoms with Gasteiger partial charge in [0, 0.05) is 0 Å². The van der Waals surface area contributed by atoms with Gasteiger partial charge in [-0.1, -0.05) is 97.3 Å². The zero-order valence-corrected chi connectivity index (χ0v) is 30.0. The van der Waals surface area contributed by atoms with E-state index in [2.05, 4.69) is 27.7 Å². The lowest BCUT2D eigenvalue weighted by atomic mass is 9.84. The van der Waals surface area contributed by atoms with Crippen LogP contribution < -0.4 is 9.47 Å². The highest BCUT2D eigenvalue weighted by Gasteiger charge is 2.39. The van der Waals surface area contributed by atoms with Crippen LogP contribution >= 0.6 is 69.6 Å². The third-order valence-electron chi connectivity index (χ3n) is 8.54. The minimum absolute atomic E-state index is 0.0423. The van der Waals surface area contributed by atoms with E-state index in [0.29, 0.717) is 24.7 Å². The molecule has 0 unspecified atom stereocenters. The third-order valence-corrected chi connectivity index (χ3v) is 10.7. The van der Waals surface area contributed by atoms with Crippen molar-refractivity contribution in [2.45, 2.75) is 66.2 Å². The van der Waals surface area contributed by atoms with Crippen LogP contribution in [0.4, 0.5) is 0 Å². The van der Waals surface area contributed by atoms with Gasteiger partial charge in [0.25, 0.3) is 0 Å². The van der Waals surface area contributed by atoms with Crippen molar-refractivity contribution in [2.24, 2.45) is 22.7 Å². The molecule has 0 aromatic heterocycles. The van der Waals surface area contributed by atoms with Crippen molar-refractivity contribution < 1.29 is 38.1 Å². The summed E-state index contributed by atoms with van der Waals surface area (Å²) in [5, 5.41) is -1.48. The second kappa shape index (κ2) is 14.7. The molecule has 2 aliphatic carbocycles. The number of benzene rings is 2. The fourth-order valence-corrected chi connectivity index (χ4v) is 6.52. The van der Waals surface area contributed by atoms with E-state index in [1.54, 1.807) is 0 Å². The molecule has 14 heteroatoms. The molecule has 0 radical (unpaired) electrons. The number of hydrogen-bond acceptors (Lipinski definition) is 8. The molecule has 2 fully saturated rings. The lowest BCUT2D eigenvalue weighted by Gasteiger charge is -2.24. The van der Waals surface area contributed by atoms with E-state index >= 15 is 0 Å². The summed E-state index contributed by atoms with van der Waals surface area (Å²) in [4.78, 5) is 52.1. The molecule has 0 bridgehead atoms. The van der Waals surface area contributed by atoms with Crippen LogP contribution in [0.3, 0.4) is 0 Å². The average molecular weight is 757 g/mol. The molecule has 0 amide bonds. The van der Waals surface area contributed by atoms with Gasteiger partial charge in [-0.25, -0.2) is 19.2 Å². The maximum atomic E-state index is 13.1. The molecule has 2 saturated carbocycles. The van der Waals surface area contributed by atoms with Gasteiger partial charge in [0.1, 0.15) is 11.1 Å². The molecular weight excluding hydrogens is 725 g/mol. The Morgan fingerprint density at radius 3 is 1.24 bits per heavy atom. The first-order chi connectivity index (χ1) is 21.4. The Morgan fingerprint density at radius 1 is 0.609 bits per heavy atom. The lowest BCUT2D eigenvalue weighted by molar-refractivity contribution is -0.156. The fraction of sp³-hybridized carbons (Fsp3) is 0.500. The second-order valence-corrected chi connectivity index (χ2v) is 15.2. The summed E-state index contributed by atoms with van der Waals surface area (Å²) in [5.41, 5.74) is -1.01. The fourth-order valence-electron chi connectivity index (χ4n) is 5.09. The summed E-state index contributed by atoms with van der Waals surface area (Å²) in [6.45, 7) is 8.43. The summed E-state index contributed by atoms with van der Waals surface area (Å²) in [5.74, 6) is -5.30. The Balaban J connectivity index is 1.51. The van der Waals surface area contributed by atoms with E-state index in [4.69, 9.17) is 88.6 Å². The number of carbonyl (C=O) groups is 4. The Labute approximate surface area is 297 Å². The van der Waals surface area contributed by atoms with Gasteiger partial charge in [-0.3, -0.25) is 0 Å². The maximum absolute atomic E-state index is 13.1. The van der Waals surface area contributed by atoms with E-state index in [0.717, 1.165) is 37.8 Å². The molecule has 250 valence electrons. The molecule has 2 aromatic rings. The molecular formula is C32H32Cl6O8. The Kier molecular flexibility index (Phi) is 11.8. The van der Waals surface area contributed by atoms with Crippen molar-refractivity contribution in [3.8, 4) is 11.5 Å². The summed E-state index contributed by atoms with van der Waals surface area (Å²) in [6.07, 6.45) is 5.60. The normalized spacial score (nSPS) is 14.9. The van der Waals surface area contributed by atoms with Gasteiger partial charge < -0.3 is 18.9 Å². The summed E-state index contributed by atoms with van der Waals surface area (Å²) >= 11 is 37.4. The van der Waals surface area contributed by atoms with Crippen LogP contribution in [0.15, 0.2) is 12.1 Å². The Morgan fingerprint density at radius 2 is 0.935 bits per heavy atom. The first kappa shape index (κ1) is 36.9. The van der Waals surface area contributed by atoms with Gasteiger partial charge in [-0.05, 0) is 73.3 Å². The van der Waals surface area contributed by atoms with Crippen molar-refractivity contribution in [3.05, 3.63) is 53.4 Å². The van der Waals surface area contributed by atoms with Gasteiger partial charge in [-0.15, -0.1) is 0 Å². The van der Waals surface area contributed by atoms with E-state index in [-0.39, 0.29) is 54.2 Å². The van der Waals surface area contributed by atoms with Crippen molar-refractivity contribution in [1.82, 2.24) is 0 Å². The number of carbonyl (C=O) groups excluding carboxylic acids is 4. The summed E-state index contributed by atoms with van der Waals surface area (Å²) < 4.78 is 21.2. The van der Waals surface area contributed by atoms with Gasteiger partial charge in [-0.2, -0.15) is 0 Å². The minimum atomic E-state index is -1.64. The van der Waals surface area contributed by atoms with Crippen LogP contribution in [-0.2, 0) is 19.1 Å². The summed E-state index contributed by atoms with van der Waals surface area (Å²) in [7, 11) is 0. The smallest absolute Gasteiger partial charge is 0.423 e. The molecule has 0 saturated heterocycles. The SMILES string of the molecule is CC(C)(CCOC(=O)c1c(Cl)c(Cl)cc(Cl)c1OC(=O)C(=O)Oc1c(Cl)cc(Cl)c(Cl)c1C(=O)OCCC(C)(C)C1CC1)C1CC1. The quantitative estimate of drug-likeness (QED) is 0.0912. The standard InChI is InChI=1S/C32H32Cl6O8/c1-31(2,15-5-6-15)9-11-43-27(39)21-23(37)17(33)13-19(35)25(21)45-29(41)30(42)46-26-20(36)14-18(34)24(38)22(26)28(40)44-12-10-32(3,4)16-7-8-16/h13-16H,5-12H2,1-4H3. The summed E-state index contributed by atoms with van der Waals surface area (Å²) in [6, 6.07) is 2.25. The predicted octanol–water partition coefficient (Wildman–Crippen LogP) is 10.1. The van der Waals surface area contributed by atoms with Gasteiger partial charge in [0.05, 0.1) is 43.3 Å². The Bertz CT molecular complexity index is 1450. The number of ether oxygens (including phenoxy) is 4. The Hall–Kier alpha value is -1.94. The number of esters is 4. The van der Waals surface area contributed by atoms with E-state index < -0.39 is 46.5 Å². The van der Waals surface area contributed by atoms with Crippen molar-refractivity contribution in [2.75, 3.05) is 13.2 Å². The molecule has 2 aliphatic rings. The number of hydrogen-bond donors (Lipinski definition) is 0. The van der Waals surface area contributed by atoms with Crippen LogP contribution in [0.5, 0.6) is 11.5 Å². The van der Waals surface area contributed by atoms with Crippen LogP contribution in [0, 0.1) is 22.7 Å². The highest BCUT2D eigenvalue weighted by Crippen LogP contribution is 2.48. The molecule has 2 aromatic carbocycles. The zero-order valence-electron chi connectivity index (χ0n) is 25.5. The van der Waals surface area contributed by atoms with Gasteiger partial charge in [0.2, 0.25) is 0 Å². The average Bonchev–Trinajstić information content (AvgIpc) is 3.86. The molecule has 8 nitrogen and oxygen atoms in total. The molecule has 0 spiro atoms. The molecule has 0 atom stereocenters. The zero-order chi connectivity index (χ0) is 34.1. The van der Waals surface area contributed by atoms with Crippen molar-refractivity contribution in [1.29, 1.82) is 0 Å². The first-order valence-corrected chi connectivity index (χ1v) is 16.8. The van der Waals surface area contributed by atoms with Crippen LogP contribution in [0.1, 0.15) is 86.9 Å². The monoisotopic (exact) mass is 754 g/mol. The van der Waals surface area contributed by atoms with E-state index in [1.807, 2.05) is 0 Å². The van der Waals surface area contributed by atoms with Gasteiger partial charge >= 0.3 is 23.9 Å². The van der Waals surface area contributed by atoms with Crippen LogP contribution in [0.25, 0.3) is 0 Å². The van der Waals surface area contributed by atoms with E-state index in [9.17, 15) is 19.2 Å². The lowest BCUT2D eigenvalue weighted by Crippen LogP contribution is -2.27. The molecule has 4 rings (SSSR count). The van der Waals surface area contributed by atoms with E-state index in [1.165, 1.54) is 0 Å². The maximum Gasteiger partial charge on any atom is 0.423 e. The topological polar surface area (TPSA) is 105 Å². The number of rotatable bonds is 12. The van der Waals surface area contributed by atoms with Crippen molar-refractivity contribution in [3.63, 3.8) is 0 Å². The largest absolute Gasteiger partial charge is 0.462 e. The highest BCUT2D eigenvalue weighted by atomic mass is 35.5. The second-order valence-electron chi connectivity index (χ2n) is 12.8. The van der Waals surface area contributed by atoms with Crippen molar-refractivity contribution >= 4 is 93.5 Å². The van der Waals surface area contributed by atoms with Gasteiger partial charge in [0.15, 0.2) is 11.5 Å². The number of halogens is 6. The molecule has 0 N–H and O–H groups in total. The van der Waals surface area contributed by atoms with Crippen LogP contribution in [-0.4, -0.2) is 37.1 Å². The minimum Gasteiger partial charge on any atom is -0.462 e. The molecule has 46 heavy (non-hydrogen) atoms. The predicted molar refractivity (Wildman–Crippen MR) is 177 cm³/mol. The first-order valence-electron chi connectivity index (χ1n) is 14.6.